The van der Waals surface area contributed by atoms with E-state index in [1.54, 1.807) is 4.57 Å². The van der Waals surface area contributed by atoms with E-state index in [-0.39, 0.29) is 17.2 Å². The van der Waals surface area contributed by atoms with Crippen LogP contribution in [-0.2, 0) is 0 Å². The first-order valence-corrected chi connectivity index (χ1v) is 5.67. The SMILES string of the molecule is O=C(O)c1ccc(C2CC2)n(C2CC2)c1=O. The van der Waals surface area contributed by atoms with E-state index in [4.69, 9.17) is 5.11 Å². The van der Waals surface area contributed by atoms with Gasteiger partial charge in [-0.1, -0.05) is 0 Å². The van der Waals surface area contributed by atoms with Crippen molar-refractivity contribution >= 4 is 5.97 Å². The molecule has 0 radical (unpaired) electrons. The molecule has 0 amide bonds. The van der Waals surface area contributed by atoms with Crippen molar-refractivity contribution in [3.63, 3.8) is 0 Å². The first-order valence-electron chi connectivity index (χ1n) is 5.67. The highest BCUT2D eigenvalue weighted by Gasteiger charge is 2.34. The van der Waals surface area contributed by atoms with E-state index < -0.39 is 5.97 Å². The van der Waals surface area contributed by atoms with E-state index in [2.05, 4.69) is 0 Å². The molecule has 2 fully saturated rings. The largest absolute Gasteiger partial charge is 0.477 e. The smallest absolute Gasteiger partial charge is 0.341 e. The molecule has 0 bridgehead atoms. The maximum atomic E-state index is 12.0. The van der Waals surface area contributed by atoms with Gasteiger partial charge < -0.3 is 9.67 Å². The van der Waals surface area contributed by atoms with Gasteiger partial charge in [0.25, 0.3) is 5.56 Å². The molecule has 4 nitrogen and oxygen atoms in total. The summed E-state index contributed by atoms with van der Waals surface area (Å²) < 4.78 is 1.72. The van der Waals surface area contributed by atoms with Crippen LogP contribution in [0.4, 0.5) is 0 Å². The standard InChI is InChI=1S/C12H13NO3/c14-11-9(12(15)16)5-6-10(7-1-2-7)13(11)8-3-4-8/h5-8H,1-4H2,(H,15,16). The molecular formula is C12H13NO3. The molecule has 0 atom stereocenters. The number of aromatic carboxylic acids is 1. The van der Waals surface area contributed by atoms with Gasteiger partial charge >= 0.3 is 5.97 Å². The molecule has 0 spiro atoms. The van der Waals surface area contributed by atoms with Gasteiger partial charge in [-0.25, -0.2) is 4.79 Å². The minimum Gasteiger partial charge on any atom is -0.477 e. The van der Waals surface area contributed by atoms with Crippen molar-refractivity contribution in [2.75, 3.05) is 0 Å². The number of carboxylic acids is 1. The Bertz CT molecular complexity index is 509. The van der Waals surface area contributed by atoms with Crippen molar-refractivity contribution in [2.24, 2.45) is 0 Å². The average Bonchev–Trinajstić information content (AvgIpc) is 3.10. The third-order valence-corrected chi connectivity index (χ3v) is 3.29. The molecule has 16 heavy (non-hydrogen) atoms. The maximum Gasteiger partial charge on any atom is 0.341 e. The van der Waals surface area contributed by atoms with Gasteiger partial charge in [0, 0.05) is 11.7 Å². The molecule has 2 aliphatic rings. The fourth-order valence-electron chi connectivity index (χ4n) is 2.15. The number of carboxylic acid groups (broad SMARTS) is 1. The molecule has 1 aromatic rings. The summed E-state index contributed by atoms with van der Waals surface area (Å²) in [5, 5.41) is 8.92. The molecule has 0 aromatic carbocycles. The normalized spacial score (nSPS) is 19.8. The summed E-state index contributed by atoms with van der Waals surface area (Å²) in [6, 6.07) is 3.53. The van der Waals surface area contributed by atoms with E-state index in [0.717, 1.165) is 31.4 Å². The zero-order valence-electron chi connectivity index (χ0n) is 8.85. The summed E-state index contributed by atoms with van der Waals surface area (Å²) in [4.78, 5) is 22.9. The van der Waals surface area contributed by atoms with Gasteiger partial charge in [-0.3, -0.25) is 4.79 Å². The summed E-state index contributed by atoms with van der Waals surface area (Å²) in [5.41, 5.74) is 0.619. The lowest BCUT2D eigenvalue weighted by molar-refractivity contribution is 0.0694. The number of nitrogens with zero attached hydrogens (tertiary/aromatic N) is 1. The van der Waals surface area contributed by atoms with Crippen LogP contribution < -0.4 is 5.56 Å². The van der Waals surface area contributed by atoms with Crippen LogP contribution in [0.5, 0.6) is 0 Å². The second-order valence-corrected chi connectivity index (χ2v) is 4.66. The molecule has 2 aliphatic carbocycles. The van der Waals surface area contributed by atoms with Crippen LogP contribution >= 0.6 is 0 Å². The molecule has 0 unspecified atom stereocenters. The van der Waals surface area contributed by atoms with Crippen molar-refractivity contribution in [1.29, 1.82) is 0 Å². The lowest BCUT2D eigenvalue weighted by atomic mass is 10.2. The Labute approximate surface area is 92.5 Å². The van der Waals surface area contributed by atoms with Gasteiger partial charge in [-0.05, 0) is 43.7 Å². The minimum atomic E-state index is -1.12. The molecule has 0 aliphatic heterocycles. The Morgan fingerprint density at radius 3 is 2.44 bits per heavy atom. The fraction of sp³-hybridized carbons (Fsp3) is 0.500. The van der Waals surface area contributed by atoms with Gasteiger partial charge in [0.15, 0.2) is 0 Å². The number of aromatic nitrogens is 1. The van der Waals surface area contributed by atoms with E-state index in [1.165, 1.54) is 6.07 Å². The Morgan fingerprint density at radius 1 is 1.25 bits per heavy atom. The molecule has 0 saturated heterocycles. The van der Waals surface area contributed by atoms with Crippen molar-refractivity contribution < 1.29 is 9.90 Å². The zero-order chi connectivity index (χ0) is 11.3. The number of carbonyl (C=O) groups is 1. The number of hydrogen-bond acceptors (Lipinski definition) is 2. The quantitative estimate of drug-likeness (QED) is 0.842. The highest BCUT2D eigenvalue weighted by Crippen LogP contribution is 2.43. The van der Waals surface area contributed by atoms with Crippen LogP contribution in [0.3, 0.4) is 0 Å². The number of pyridine rings is 1. The molecule has 84 valence electrons. The lowest BCUT2D eigenvalue weighted by Gasteiger charge is -2.11. The molecule has 1 N–H and O–H groups in total. The summed E-state index contributed by atoms with van der Waals surface area (Å²) >= 11 is 0. The summed E-state index contributed by atoms with van der Waals surface area (Å²) in [5.74, 6) is -0.641. The van der Waals surface area contributed by atoms with E-state index in [9.17, 15) is 9.59 Å². The fourth-order valence-corrected chi connectivity index (χ4v) is 2.15. The van der Waals surface area contributed by atoms with E-state index in [1.807, 2.05) is 6.07 Å². The van der Waals surface area contributed by atoms with Crippen LogP contribution in [0.15, 0.2) is 16.9 Å². The maximum absolute atomic E-state index is 12.0. The second-order valence-electron chi connectivity index (χ2n) is 4.66. The molecule has 1 heterocycles. The molecular weight excluding hydrogens is 206 g/mol. The highest BCUT2D eigenvalue weighted by atomic mass is 16.4. The third kappa shape index (κ3) is 1.45. The highest BCUT2D eigenvalue weighted by molar-refractivity contribution is 5.87. The number of rotatable bonds is 3. The Kier molecular flexibility index (Phi) is 1.93. The van der Waals surface area contributed by atoms with Crippen LogP contribution in [0.2, 0.25) is 0 Å². The lowest BCUT2D eigenvalue weighted by Crippen LogP contribution is -2.27. The van der Waals surface area contributed by atoms with Crippen LogP contribution in [0.25, 0.3) is 0 Å². The predicted octanol–water partition coefficient (Wildman–Crippen LogP) is 1.76. The number of hydrogen-bond donors (Lipinski definition) is 1. The van der Waals surface area contributed by atoms with Crippen molar-refractivity contribution in [2.45, 2.75) is 37.6 Å². The Morgan fingerprint density at radius 2 is 1.94 bits per heavy atom. The predicted molar refractivity (Wildman–Crippen MR) is 57.9 cm³/mol. The van der Waals surface area contributed by atoms with E-state index in [0.29, 0.717) is 5.92 Å². The Balaban J connectivity index is 2.17. The third-order valence-electron chi connectivity index (χ3n) is 3.29. The molecule has 2 saturated carbocycles. The first-order chi connectivity index (χ1) is 7.68. The van der Waals surface area contributed by atoms with Crippen molar-refractivity contribution in [1.82, 2.24) is 4.57 Å². The minimum absolute atomic E-state index is 0.101. The van der Waals surface area contributed by atoms with Gasteiger partial charge in [-0.2, -0.15) is 0 Å². The topological polar surface area (TPSA) is 59.3 Å². The monoisotopic (exact) mass is 219 g/mol. The molecule has 3 rings (SSSR count). The van der Waals surface area contributed by atoms with Crippen LogP contribution in [0.1, 0.15) is 53.7 Å². The van der Waals surface area contributed by atoms with Gasteiger partial charge in [0.05, 0.1) is 0 Å². The van der Waals surface area contributed by atoms with Gasteiger partial charge in [0.2, 0.25) is 0 Å². The van der Waals surface area contributed by atoms with Crippen LogP contribution in [-0.4, -0.2) is 15.6 Å². The van der Waals surface area contributed by atoms with E-state index >= 15 is 0 Å². The van der Waals surface area contributed by atoms with Gasteiger partial charge in [0.1, 0.15) is 5.56 Å². The molecule has 1 aromatic heterocycles. The van der Waals surface area contributed by atoms with Crippen LogP contribution in [0, 0.1) is 0 Å². The van der Waals surface area contributed by atoms with Crippen molar-refractivity contribution in [3.05, 3.63) is 33.7 Å². The zero-order valence-corrected chi connectivity index (χ0v) is 8.85. The summed E-state index contributed by atoms with van der Waals surface area (Å²) in [7, 11) is 0. The Hall–Kier alpha value is -1.58. The van der Waals surface area contributed by atoms with Gasteiger partial charge in [-0.15, -0.1) is 0 Å². The summed E-state index contributed by atoms with van der Waals surface area (Å²) in [6.07, 6.45) is 4.25. The second kappa shape index (κ2) is 3.20. The van der Waals surface area contributed by atoms with Crippen molar-refractivity contribution in [3.8, 4) is 0 Å². The average molecular weight is 219 g/mol. The summed E-state index contributed by atoms with van der Waals surface area (Å²) in [6.45, 7) is 0. The molecule has 4 heteroatoms. The first kappa shape index (κ1) is 9.63.